The molecular formula is C18H25N5O2. The molecule has 0 unspecified atom stereocenters. The van der Waals surface area contributed by atoms with Crippen LogP contribution in [0.2, 0.25) is 0 Å². The lowest BCUT2D eigenvalue weighted by atomic mass is 10.1. The minimum Gasteiger partial charge on any atom is -0.376 e. The van der Waals surface area contributed by atoms with Gasteiger partial charge in [-0.2, -0.15) is 5.10 Å². The highest BCUT2D eigenvalue weighted by atomic mass is 16.5. The molecule has 2 heterocycles. The highest BCUT2D eigenvalue weighted by Crippen LogP contribution is 2.21. The number of ether oxygens (including phenoxy) is 1. The zero-order valence-corrected chi connectivity index (χ0v) is 14.9. The van der Waals surface area contributed by atoms with Crippen LogP contribution in [0.4, 0.5) is 4.79 Å². The summed E-state index contributed by atoms with van der Waals surface area (Å²) in [5.74, 6) is 0. The Morgan fingerprint density at radius 3 is 2.72 bits per heavy atom. The lowest BCUT2D eigenvalue weighted by Gasteiger charge is -2.29. The Kier molecular flexibility index (Phi) is 5.33. The second-order valence-electron chi connectivity index (χ2n) is 6.51. The summed E-state index contributed by atoms with van der Waals surface area (Å²) in [5, 5.41) is 7.16. The van der Waals surface area contributed by atoms with Crippen LogP contribution >= 0.6 is 0 Å². The molecule has 25 heavy (non-hydrogen) atoms. The third-order valence-electron chi connectivity index (χ3n) is 4.83. The van der Waals surface area contributed by atoms with E-state index in [0.717, 1.165) is 30.7 Å². The first-order valence-electron chi connectivity index (χ1n) is 8.66. The summed E-state index contributed by atoms with van der Waals surface area (Å²) in [6, 6.07) is 7.85. The third-order valence-corrected chi connectivity index (χ3v) is 4.83. The molecule has 0 saturated carbocycles. The van der Waals surface area contributed by atoms with Gasteiger partial charge in [-0.15, -0.1) is 0 Å². The molecule has 0 aliphatic carbocycles. The first-order valence-corrected chi connectivity index (χ1v) is 8.66. The summed E-state index contributed by atoms with van der Waals surface area (Å²) in [6.45, 7) is 4.80. The van der Waals surface area contributed by atoms with Crippen LogP contribution in [-0.4, -0.2) is 51.5 Å². The lowest BCUT2D eigenvalue weighted by Crippen LogP contribution is -2.47. The third kappa shape index (κ3) is 3.99. The molecule has 0 bridgehead atoms. The first-order chi connectivity index (χ1) is 12.1. The van der Waals surface area contributed by atoms with Gasteiger partial charge in [0, 0.05) is 13.7 Å². The number of nitrogens with one attached hydrogen (secondary N) is 1. The standard InChI is InChI=1S/C18H25N5O2/c1-13(17-5-4-10-25-17)21-18(24)22(3)14(2)15-6-8-16(9-7-15)23-12-19-11-20-23/h6-9,11-14,17H,4-5,10H2,1-3H3,(H,21,24)/t13-,14-,17+/m0/s1. The molecule has 7 nitrogen and oxygen atoms in total. The SMILES string of the molecule is C[C@H](NC(=O)N(C)[C@@H](C)c1ccc(-n2cncn2)cc1)[C@H]1CCCO1. The maximum atomic E-state index is 12.5. The Bertz CT molecular complexity index is 680. The van der Waals surface area contributed by atoms with Crippen LogP contribution in [0.25, 0.3) is 5.69 Å². The molecule has 1 saturated heterocycles. The predicted octanol–water partition coefficient (Wildman–Crippen LogP) is 2.54. The molecule has 1 N–H and O–H groups in total. The quantitative estimate of drug-likeness (QED) is 0.905. The molecule has 1 aromatic carbocycles. The lowest BCUT2D eigenvalue weighted by molar-refractivity contribution is 0.0830. The Morgan fingerprint density at radius 2 is 2.12 bits per heavy atom. The van der Waals surface area contributed by atoms with Crippen molar-refractivity contribution >= 4 is 6.03 Å². The smallest absolute Gasteiger partial charge is 0.317 e. The number of amides is 2. The first kappa shape index (κ1) is 17.4. The van der Waals surface area contributed by atoms with Gasteiger partial charge in [0.15, 0.2) is 0 Å². The van der Waals surface area contributed by atoms with Gasteiger partial charge in [-0.25, -0.2) is 14.5 Å². The number of hydrogen-bond donors (Lipinski definition) is 1. The molecule has 2 aromatic rings. The number of nitrogens with zero attached hydrogens (tertiary/aromatic N) is 4. The fourth-order valence-corrected chi connectivity index (χ4v) is 3.03. The number of hydrogen-bond acceptors (Lipinski definition) is 4. The summed E-state index contributed by atoms with van der Waals surface area (Å²) < 4.78 is 7.34. The number of benzene rings is 1. The van der Waals surface area contributed by atoms with E-state index in [0.29, 0.717) is 0 Å². The van der Waals surface area contributed by atoms with Crippen LogP contribution in [0.15, 0.2) is 36.9 Å². The zero-order valence-electron chi connectivity index (χ0n) is 14.9. The van der Waals surface area contributed by atoms with Gasteiger partial charge in [0.1, 0.15) is 12.7 Å². The van der Waals surface area contributed by atoms with Crippen LogP contribution in [-0.2, 0) is 4.74 Å². The van der Waals surface area contributed by atoms with E-state index >= 15 is 0 Å². The van der Waals surface area contributed by atoms with Crippen molar-refractivity contribution in [2.75, 3.05) is 13.7 Å². The molecule has 0 radical (unpaired) electrons. The second kappa shape index (κ2) is 7.65. The minimum absolute atomic E-state index is 0.0133. The molecular weight excluding hydrogens is 318 g/mol. The fourth-order valence-electron chi connectivity index (χ4n) is 3.03. The second-order valence-corrected chi connectivity index (χ2v) is 6.51. The summed E-state index contributed by atoms with van der Waals surface area (Å²) in [7, 11) is 1.81. The molecule has 134 valence electrons. The van der Waals surface area contributed by atoms with Gasteiger partial charge in [0.25, 0.3) is 0 Å². The summed E-state index contributed by atoms with van der Waals surface area (Å²) in [6.07, 6.45) is 5.35. The predicted molar refractivity (Wildman–Crippen MR) is 94.5 cm³/mol. The average molecular weight is 343 g/mol. The van der Waals surface area contributed by atoms with E-state index < -0.39 is 0 Å². The molecule has 1 fully saturated rings. The van der Waals surface area contributed by atoms with Gasteiger partial charge >= 0.3 is 6.03 Å². The van der Waals surface area contributed by atoms with Crippen molar-refractivity contribution in [3.63, 3.8) is 0 Å². The van der Waals surface area contributed by atoms with E-state index in [1.54, 1.807) is 15.9 Å². The van der Waals surface area contributed by atoms with Crippen molar-refractivity contribution < 1.29 is 9.53 Å². The highest BCUT2D eigenvalue weighted by Gasteiger charge is 2.26. The van der Waals surface area contributed by atoms with E-state index in [1.807, 2.05) is 45.2 Å². The number of urea groups is 1. The number of aromatic nitrogens is 3. The van der Waals surface area contributed by atoms with Gasteiger partial charge in [0.2, 0.25) is 0 Å². The minimum atomic E-state index is -0.0872. The van der Waals surface area contributed by atoms with Crippen LogP contribution in [0.5, 0.6) is 0 Å². The zero-order chi connectivity index (χ0) is 17.8. The van der Waals surface area contributed by atoms with Gasteiger partial charge in [-0.1, -0.05) is 12.1 Å². The van der Waals surface area contributed by atoms with Crippen LogP contribution in [0.3, 0.4) is 0 Å². The summed E-state index contributed by atoms with van der Waals surface area (Å²) in [5.41, 5.74) is 2.00. The van der Waals surface area contributed by atoms with E-state index in [4.69, 9.17) is 4.74 Å². The Labute approximate surface area is 148 Å². The molecule has 0 spiro atoms. The molecule has 1 aliphatic heterocycles. The molecule has 3 atom stereocenters. The highest BCUT2D eigenvalue weighted by molar-refractivity contribution is 5.74. The number of carbonyl (C=O) groups excluding carboxylic acids is 1. The summed E-state index contributed by atoms with van der Waals surface area (Å²) in [4.78, 5) is 18.2. The monoisotopic (exact) mass is 343 g/mol. The van der Waals surface area contributed by atoms with Crippen molar-refractivity contribution in [3.05, 3.63) is 42.5 Å². The maximum Gasteiger partial charge on any atom is 0.317 e. The topological polar surface area (TPSA) is 72.3 Å². The van der Waals surface area contributed by atoms with Crippen molar-refractivity contribution in [2.24, 2.45) is 0 Å². The number of carbonyl (C=O) groups is 1. The van der Waals surface area contributed by atoms with E-state index in [9.17, 15) is 4.79 Å². The van der Waals surface area contributed by atoms with E-state index in [2.05, 4.69) is 15.4 Å². The van der Waals surface area contributed by atoms with Gasteiger partial charge in [-0.3, -0.25) is 0 Å². The molecule has 3 rings (SSSR count). The van der Waals surface area contributed by atoms with Gasteiger partial charge in [0.05, 0.1) is 23.9 Å². The van der Waals surface area contributed by atoms with Gasteiger partial charge in [-0.05, 0) is 44.4 Å². The van der Waals surface area contributed by atoms with Crippen molar-refractivity contribution in [1.29, 1.82) is 0 Å². The molecule has 2 amide bonds. The fraction of sp³-hybridized carbons (Fsp3) is 0.500. The molecule has 7 heteroatoms. The summed E-state index contributed by atoms with van der Waals surface area (Å²) >= 11 is 0. The average Bonchev–Trinajstić information content (AvgIpc) is 3.33. The van der Waals surface area contributed by atoms with Crippen LogP contribution in [0, 0.1) is 0 Å². The Balaban J connectivity index is 1.61. The Hall–Kier alpha value is -2.41. The largest absolute Gasteiger partial charge is 0.376 e. The van der Waals surface area contributed by atoms with Crippen molar-refractivity contribution in [1.82, 2.24) is 25.0 Å². The Morgan fingerprint density at radius 1 is 1.36 bits per heavy atom. The van der Waals surface area contributed by atoms with Crippen molar-refractivity contribution in [3.8, 4) is 5.69 Å². The normalized spacial score (nSPS) is 19.4. The molecule has 1 aliphatic rings. The molecule has 1 aromatic heterocycles. The van der Waals surface area contributed by atoms with Crippen LogP contribution < -0.4 is 5.32 Å². The van der Waals surface area contributed by atoms with E-state index in [1.165, 1.54) is 6.33 Å². The number of rotatable bonds is 5. The van der Waals surface area contributed by atoms with Crippen molar-refractivity contribution in [2.45, 2.75) is 44.9 Å². The van der Waals surface area contributed by atoms with Crippen LogP contribution in [0.1, 0.15) is 38.3 Å². The maximum absolute atomic E-state index is 12.5. The van der Waals surface area contributed by atoms with Gasteiger partial charge < -0.3 is 15.0 Å². The van der Waals surface area contributed by atoms with E-state index in [-0.39, 0.29) is 24.2 Å².